The van der Waals surface area contributed by atoms with Crippen LogP contribution in [-0.4, -0.2) is 21.7 Å². The molecule has 2 rings (SSSR count). The molecule has 0 spiro atoms. The maximum atomic E-state index is 5.97. The summed E-state index contributed by atoms with van der Waals surface area (Å²) in [7, 11) is 0. The van der Waals surface area contributed by atoms with Gasteiger partial charge in [0.15, 0.2) is 0 Å². The Morgan fingerprint density at radius 1 is 1.47 bits per heavy atom. The van der Waals surface area contributed by atoms with Crippen LogP contribution in [0.5, 0.6) is 0 Å². The zero-order chi connectivity index (χ0) is 12.1. The summed E-state index contributed by atoms with van der Waals surface area (Å²) >= 11 is 5.97. The Bertz CT molecular complexity index is 455. The van der Waals surface area contributed by atoms with E-state index in [-0.39, 0.29) is 6.04 Å². The summed E-state index contributed by atoms with van der Waals surface area (Å²) in [5.74, 6) is 0.854. The van der Waals surface area contributed by atoms with E-state index in [4.69, 9.17) is 11.6 Å². The normalized spacial score (nSPS) is 12.6. The topological polar surface area (TPSA) is 53.6 Å². The van der Waals surface area contributed by atoms with Gasteiger partial charge in [-0.15, -0.1) is 0 Å². The van der Waals surface area contributed by atoms with Crippen LogP contribution in [0.3, 0.4) is 0 Å². The number of H-pyrrole nitrogens is 1. The van der Waals surface area contributed by atoms with E-state index in [2.05, 4.69) is 33.5 Å². The Kier molecular flexibility index (Phi) is 4.12. The van der Waals surface area contributed by atoms with Gasteiger partial charge in [0.05, 0.1) is 6.04 Å². The third-order valence-electron chi connectivity index (χ3n) is 2.54. The van der Waals surface area contributed by atoms with Gasteiger partial charge in [-0.1, -0.05) is 30.7 Å². The summed E-state index contributed by atoms with van der Waals surface area (Å²) in [5.41, 5.74) is 1.18. The zero-order valence-electron chi connectivity index (χ0n) is 9.65. The summed E-state index contributed by atoms with van der Waals surface area (Å²) in [5, 5.41) is 10.9. The van der Waals surface area contributed by atoms with Crippen molar-refractivity contribution in [3.8, 4) is 0 Å². The van der Waals surface area contributed by atoms with E-state index >= 15 is 0 Å². The smallest absolute Gasteiger partial charge is 0.141 e. The molecule has 1 atom stereocenters. The molecule has 0 aliphatic carbocycles. The summed E-state index contributed by atoms with van der Waals surface area (Å²) in [4.78, 5) is 4.19. The van der Waals surface area contributed by atoms with Crippen LogP contribution in [0.2, 0.25) is 5.02 Å². The number of nitrogens with one attached hydrogen (secondary N) is 2. The lowest BCUT2D eigenvalue weighted by atomic mass is 10.1. The van der Waals surface area contributed by atoms with Gasteiger partial charge in [0, 0.05) is 5.02 Å². The molecule has 0 radical (unpaired) electrons. The number of rotatable bonds is 5. The van der Waals surface area contributed by atoms with Crippen molar-refractivity contribution in [3.05, 3.63) is 47.0 Å². The summed E-state index contributed by atoms with van der Waals surface area (Å²) in [6.45, 7) is 2.95. The van der Waals surface area contributed by atoms with Crippen LogP contribution in [0.4, 0.5) is 0 Å². The Balaban J connectivity index is 2.13. The molecule has 0 aliphatic heterocycles. The van der Waals surface area contributed by atoms with Crippen LogP contribution in [0.25, 0.3) is 0 Å². The lowest BCUT2D eigenvalue weighted by Crippen LogP contribution is -2.24. The molecule has 1 unspecified atom stereocenters. The minimum Gasteiger partial charge on any atom is -0.307 e. The highest BCUT2D eigenvalue weighted by atomic mass is 35.5. The number of halogens is 1. The van der Waals surface area contributed by atoms with E-state index in [1.807, 2.05) is 18.2 Å². The molecule has 4 nitrogen and oxygen atoms in total. The molecule has 1 aromatic carbocycles. The van der Waals surface area contributed by atoms with E-state index in [9.17, 15) is 0 Å². The highest BCUT2D eigenvalue weighted by molar-refractivity contribution is 6.30. The Morgan fingerprint density at radius 2 is 2.35 bits per heavy atom. The summed E-state index contributed by atoms with van der Waals surface area (Å²) in [6.07, 6.45) is 2.36. The molecule has 1 aromatic heterocycles. The van der Waals surface area contributed by atoms with E-state index in [0.717, 1.165) is 23.8 Å². The second-order valence-corrected chi connectivity index (χ2v) is 4.25. The van der Waals surface area contributed by atoms with Gasteiger partial charge < -0.3 is 5.32 Å². The van der Waals surface area contributed by atoms with Crippen LogP contribution in [0.1, 0.15) is 24.4 Å². The Morgan fingerprint density at radius 3 is 3.00 bits per heavy atom. The molecule has 0 aliphatic rings. The van der Waals surface area contributed by atoms with Gasteiger partial charge >= 0.3 is 0 Å². The quantitative estimate of drug-likeness (QED) is 0.857. The largest absolute Gasteiger partial charge is 0.307 e. The number of nitrogens with zero attached hydrogens (tertiary/aromatic N) is 2. The second-order valence-electron chi connectivity index (χ2n) is 3.82. The van der Waals surface area contributed by atoms with Crippen molar-refractivity contribution in [2.75, 3.05) is 6.54 Å². The Hall–Kier alpha value is -1.39. The van der Waals surface area contributed by atoms with Crippen molar-refractivity contribution in [2.45, 2.75) is 19.4 Å². The number of hydrogen-bond donors (Lipinski definition) is 2. The van der Waals surface area contributed by atoms with E-state index in [0.29, 0.717) is 0 Å². The van der Waals surface area contributed by atoms with E-state index in [1.54, 1.807) is 0 Å². The van der Waals surface area contributed by atoms with Gasteiger partial charge in [-0.25, -0.2) is 4.98 Å². The predicted molar refractivity (Wildman–Crippen MR) is 68.0 cm³/mol. The first-order valence-electron chi connectivity index (χ1n) is 5.62. The minimum absolute atomic E-state index is 0.140. The van der Waals surface area contributed by atoms with Gasteiger partial charge in [0.1, 0.15) is 12.2 Å². The summed E-state index contributed by atoms with van der Waals surface area (Å²) < 4.78 is 0. The van der Waals surface area contributed by atoms with Crippen molar-refractivity contribution in [1.29, 1.82) is 0 Å². The Labute approximate surface area is 105 Å². The molecule has 5 heteroatoms. The van der Waals surface area contributed by atoms with Gasteiger partial charge in [-0.05, 0) is 30.7 Å². The monoisotopic (exact) mass is 250 g/mol. The van der Waals surface area contributed by atoms with Crippen molar-refractivity contribution < 1.29 is 0 Å². The first-order valence-corrected chi connectivity index (χ1v) is 6.00. The highest BCUT2D eigenvalue weighted by Crippen LogP contribution is 2.17. The van der Waals surface area contributed by atoms with Crippen LogP contribution >= 0.6 is 11.6 Å². The molecule has 0 bridgehead atoms. The summed E-state index contributed by atoms with van der Waals surface area (Å²) in [6, 6.07) is 8.01. The SMILES string of the molecule is CCNC(Cc1cccc(Cl)c1)c1ncn[nH]1. The number of aromatic nitrogens is 3. The molecule has 2 aromatic rings. The molecule has 1 heterocycles. The highest BCUT2D eigenvalue weighted by Gasteiger charge is 2.13. The molecule has 0 saturated carbocycles. The first-order chi connectivity index (χ1) is 8.29. The number of hydrogen-bond acceptors (Lipinski definition) is 3. The van der Waals surface area contributed by atoms with Crippen LogP contribution in [-0.2, 0) is 6.42 Å². The molecule has 0 saturated heterocycles. The van der Waals surface area contributed by atoms with Crippen molar-refractivity contribution >= 4 is 11.6 Å². The van der Waals surface area contributed by atoms with Gasteiger partial charge in [0.2, 0.25) is 0 Å². The van der Waals surface area contributed by atoms with Crippen LogP contribution in [0, 0.1) is 0 Å². The van der Waals surface area contributed by atoms with Crippen molar-refractivity contribution in [2.24, 2.45) is 0 Å². The number of likely N-dealkylation sites (N-methyl/N-ethyl adjacent to an activating group) is 1. The molecule has 0 amide bonds. The first kappa shape index (κ1) is 12.1. The fourth-order valence-corrected chi connectivity index (χ4v) is 2.01. The molecule has 90 valence electrons. The van der Waals surface area contributed by atoms with E-state index < -0.39 is 0 Å². The lowest BCUT2D eigenvalue weighted by molar-refractivity contribution is 0.523. The second kappa shape index (κ2) is 5.80. The number of benzene rings is 1. The van der Waals surface area contributed by atoms with Crippen molar-refractivity contribution in [3.63, 3.8) is 0 Å². The molecule has 0 fully saturated rings. The van der Waals surface area contributed by atoms with Crippen LogP contribution in [0.15, 0.2) is 30.6 Å². The maximum Gasteiger partial charge on any atom is 0.141 e. The maximum absolute atomic E-state index is 5.97. The lowest BCUT2D eigenvalue weighted by Gasteiger charge is -2.15. The van der Waals surface area contributed by atoms with Gasteiger partial charge in [0.25, 0.3) is 0 Å². The average molecular weight is 251 g/mol. The third kappa shape index (κ3) is 3.28. The molecule has 2 N–H and O–H groups in total. The van der Waals surface area contributed by atoms with Gasteiger partial charge in [-0.3, -0.25) is 5.10 Å². The number of aromatic amines is 1. The molecular weight excluding hydrogens is 236 g/mol. The fourth-order valence-electron chi connectivity index (χ4n) is 1.79. The van der Waals surface area contributed by atoms with Gasteiger partial charge in [-0.2, -0.15) is 5.10 Å². The average Bonchev–Trinajstić information content (AvgIpc) is 2.82. The van der Waals surface area contributed by atoms with E-state index in [1.165, 1.54) is 11.9 Å². The standard InChI is InChI=1S/C12H15ClN4/c1-2-14-11(12-15-8-16-17-12)7-9-4-3-5-10(13)6-9/h3-6,8,11,14H,2,7H2,1H3,(H,15,16,17). The predicted octanol–water partition coefficient (Wildman–Crippen LogP) is 2.35. The zero-order valence-corrected chi connectivity index (χ0v) is 10.4. The molecule has 17 heavy (non-hydrogen) atoms. The van der Waals surface area contributed by atoms with Crippen molar-refractivity contribution in [1.82, 2.24) is 20.5 Å². The molecular formula is C12H15ClN4. The van der Waals surface area contributed by atoms with Crippen LogP contribution < -0.4 is 5.32 Å². The third-order valence-corrected chi connectivity index (χ3v) is 2.78. The fraction of sp³-hybridized carbons (Fsp3) is 0.333. The minimum atomic E-state index is 0.140.